The molecular formula is C20H19NO3. The topological polar surface area (TPSA) is 51.5 Å². The van der Waals surface area contributed by atoms with Crippen molar-refractivity contribution in [1.82, 2.24) is 5.32 Å². The summed E-state index contributed by atoms with van der Waals surface area (Å²) in [7, 11) is 0. The minimum absolute atomic E-state index is 0.0156. The molecule has 0 unspecified atom stereocenters. The number of carbonyl (C=O) groups excluding carboxylic acids is 1. The van der Waals surface area contributed by atoms with Crippen molar-refractivity contribution in [2.45, 2.75) is 12.5 Å². The molecule has 3 aromatic rings. The van der Waals surface area contributed by atoms with E-state index in [0.717, 1.165) is 28.7 Å². The summed E-state index contributed by atoms with van der Waals surface area (Å²) < 4.78 is 11.3. The Morgan fingerprint density at radius 3 is 2.62 bits per heavy atom. The highest BCUT2D eigenvalue weighted by atomic mass is 16.5. The Kier molecular flexibility index (Phi) is 4.05. The highest BCUT2D eigenvalue weighted by Gasteiger charge is 2.28. The van der Waals surface area contributed by atoms with Gasteiger partial charge in [0.2, 0.25) is 5.91 Å². The zero-order valence-electron chi connectivity index (χ0n) is 13.3. The van der Waals surface area contributed by atoms with Crippen LogP contribution < -0.4 is 5.32 Å². The zero-order chi connectivity index (χ0) is 16.4. The molecule has 4 rings (SSSR count). The van der Waals surface area contributed by atoms with Gasteiger partial charge in [0.15, 0.2) is 0 Å². The Balaban J connectivity index is 1.68. The van der Waals surface area contributed by atoms with Crippen molar-refractivity contribution in [3.05, 3.63) is 72.0 Å². The summed E-state index contributed by atoms with van der Waals surface area (Å²) in [6.07, 6.45) is 0.771. The maximum absolute atomic E-state index is 12.6. The fourth-order valence-corrected chi connectivity index (χ4v) is 3.11. The Morgan fingerprint density at radius 1 is 1.08 bits per heavy atom. The smallest absolute Gasteiger partial charge is 0.226 e. The number of para-hydroxylation sites is 1. The first kappa shape index (κ1) is 15.0. The average molecular weight is 321 g/mol. The van der Waals surface area contributed by atoms with Crippen molar-refractivity contribution in [2.75, 3.05) is 13.2 Å². The molecule has 1 amide bonds. The van der Waals surface area contributed by atoms with E-state index in [2.05, 4.69) is 5.32 Å². The Bertz CT molecular complexity index is 801. The van der Waals surface area contributed by atoms with Crippen LogP contribution in [0.15, 0.2) is 65.1 Å². The lowest BCUT2D eigenvalue weighted by atomic mass is 10.0. The number of rotatable bonds is 4. The fraction of sp³-hybridized carbons (Fsp3) is 0.250. The van der Waals surface area contributed by atoms with Gasteiger partial charge < -0.3 is 14.5 Å². The fourth-order valence-electron chi connectivity index (χ4n) is 3.11. The van der Waals surface area contributed by atoms with Crippen molar-refractivity contribution < 1.29 is 13.9 Å². The molecule has 1 aliphatic heterocycles. The molecule has 1 N–H and O–H groups in total. The van der Waals surface area contributed by atoms with Crippen LogP contribution in [0.4, 0.5) is 0 Å². The van der Waals surface area contributed by atoms with E-state index in [1.54, 1.807) is 0 Å². The molecule has 0 bridgehead atoms. The number of amides is 1. The molecular weight excluding hydrogens is 302 g/mol. The van der Waals surface area contributed by atoms with Gasteiger partial charge in [-0.2, -0.15) is 0 Å². The summed E-state index contributed by atoms with van der Waals surface area (Å²) in [6.45, 7) is 1.15. The lowest BCUT2D eigenvalue weighted by Crippen LogP contribution is -2.34. The van der Waals surface area contributed by atoms with Crippen LogP contribution in [0.3, 0.4) is 0 Å². The van der Waals surface area contributed by atoms with E-state index in [0.29, 0.717) is 13.2 Å². The molecule has 1 fully saturated rings. The standard InChI is InChI=1S/C20H19NO3/c22-20(16-10-11-23-13-16)21-19(14-6-2-1-3-7-14)18-12-15-8-4-5-9-17(15)24-18/h1-9,12,16,19H,10-11,13H2,(H,21,22)/t16-,19-/m0/s1. The highest BCUT2D eigenvalue weighted by Crippen LogP contribution is 2.29. The van der Waals surface area contributed by atoms with Gasteiger partial charge in [-0.25, -0.2) is 0 Å². The minimum atomic E-state index is -0.299. The van der Waals surface area contributed by atoms with Crippen LogP contribution in [0.5, 0.6) is 0 Å². The van der Waals surface area contributed by atoms with Crippen LogP contribution in [0.25, 0.3) is 11.0 Å². The molecule has 1 aliphatic rings. The zero-order valence-corrected chi connectivity index (χ0v) is 13.3. The highest BCUT2D eigenvalue weighted by molar-refractivity contribution is 5.81. The SMILES string of the molecule is O=C(N[C@@H](c1ccccc1)c1cc2ccccc2o1)[C@H]1CCOC1. The molecule has 4 nitrogen and oxygen atoms in total. The van der Waals surface area contributed by atoms with Crippen molar-refractivity contribution in [2.24, 2.45) is 5.92 Å². The molecule has 0 spiro atoms. The molecule has 1 aromatic heterocycles. The third-order valence-electron chi connectivity index (χ3n) is 4.45. The first-order chi connectivity index (χ1) is 11.8. The average Bonchev–Trinajstić information content (AvgIpc) is 3.29. The third kappa shape index (κ3) is 2.93. The molecule has 1 saturated heterocycles. The van der Waals surface area contributed by atoms with Crippen LogP contribution >= 0.6 is 0 Å². The molecule has 2 aromatic carbocycles. The van der Waals surface area contributed by atoms with Gasteiger partial charge in [-0.05, 0) is 24.1 Å². The number of fused-ring (bicyclic) bond motifs is 1. The van der Waals surface area contributed by atoms with E-state index in [1.807, 2.05) is 60.7 Å². The number of ether oxygens (including phenoxy) is 1. The quantitative estimate of drug-likeness (QED) is 0.797. The van der Waals surface area contributed by atoms with E-state index in [-0.39, 0.29) is 17.9 Å². The van der Waals surface area contributed by atoms with Gasteiger partial charge in [0.1, 0.15) is 17.4 Å². The molecule has 4 heteroatoms. The molecule has 24 heavy (non-hydrogen) atoms. The number of furan rings is 1. The van der Waals surface area contributed by atoms with Gasteiger partial charge in [-0.1, -0.05) is 48.5 Å². The minimum Gasteiger partial charge on any atom is -0.459 e. The van der Waals surface area contributed by atoms with Crippen molar-refractivity contribution in [3.8, 4) is 0 Å². The predicted molar refractivity (Wildman–Crippen MR) is 91.6 cm³/mol. The van der Waals surface area contributed by atoms with E-state index in [1.165, 1.54) is 0 Å². The summed E-state index contributed by atoms with van der Waals surface area (Å²) in [5.74, 6) is 0.678. The summed E-state index contributed by atoms with van der Waals surface area (Å²) in [5.41, 5.74) is 1.83. The number of hydrogen-bond donors (Lipinski definition) is 1. The Labute approximate surface area is 140 Å². The number of carbonyl (C=O) groups is 1. The summed E-state index contributed by atoms with van der Waals surface area (Å²) in [5, 5.41) is 4.17. The van der Waals surface area contributed by atoms with Gasteiger partial charge in [0.25, 0.3) is 0 Å². The molecule has 2 atom stereocenters. The van der Waals surface area contributed by atoms with Gasteiger partial charge >= 0.3 is 0 Å². The van der Waals surface area contributed by atoms with Gasteiger partial charge in [0.05, 0.1) is 12.5 Å². The Hall–Kier alpha value is -2.59. The summed E-state index contributed by atoms with van der Waals surface area (Å²) >= 11 is 0. The second-order valence-electron chi connectivity index (χ2n) is 6.10. The maximum Gasteiger partial charge on any atom is 0.226 e. The lowest BCUT2D eigenvalue weighted by Gasteiger charge is -2.19. The van der Waals surface area contributed by atoms with Gasteiger partial charge in [-0.3, -0.25) is 4.79 Å². The summed E-state index contributed by atoms with van der Waals surface area (Å²) in [6, 6.07) is 19.5. The first-order valence-electron chi connectivity index (χ1n) is 8.23. The third-order valence-corrected chi connectivity index (χ3v) is 4.45. The van der Waals surface area contributed by atoms with E-state index in [9.17, 15) is 4.79 Å². The van der Waals surface area contributed by atoms with Crippen LogP contribution in [-0.4, -0.2) is 19.1 Å². The molecule has 0 aliphatic carbocycles. The van der Waals surface area contributed by atoms with E-state index >= 15 is 0 Å². The second kappa shape index (κ2) is 6.49. The van der Waals surface area contributed by atoms with Gasteiger partial charge in [0, 0.05) is 12.0 Å². The normalized spacial score (nSPS) is 18.6. The first-order valence-corrected chi connectivity index (χ1v) is 8.23. The largest absolute Gasteiger partial charge is 0.459 e. The predicted octanol–water partition coefficient (Wildman–Crippen LogP) is 3.67. The molecule has 122 valence electrons. The van der Waals surface area contributed by atoms with Crippen LogP contribution in [0, 0.1) is 5.92 Å². The molecule has 2 heterocycles. The van der Waals surface area contributed by atoms with Crippen molar-refractivity contribution >= 4 is 16.9 Å². The monoisotopic (exact) mass is 321 g/mol. The number of hydrogen-bond acceptors (Lipinski definition) is 3. The van der Waals surface area contributed by atoms with Crippen LogP contribution in [-0.2, 0) is 9.53 Å². The van der Waals surface area contributed by atoms with Gasteiger partial charge in [-0.15, -0.1) is 0 Å². The number of nitrogens with one attached hydrogen (secondary N) is 1. The second-order valence-corrected chi connectivity index (χ2v) is 6.10. The maximum atomic E-state index is 12.6. The number of benzene rings is 2. The van der Waals surface area contributed by atoms with E-state index in [4.69, 9.17) is 9.15 Å². The molecule has 0 saturated carbocycles. The lowest BCUT2D eigenvalue weighted by molar-refractivity contribution is -0.125. The van der Waals surface area contributed by atoms with Crippen LogP contribution in [0.2, 0.25) is 0 Å². The van der Waals surface area contributed by atoms with Crippen LogP contribution in [0.1, 0.15) is 23.8 Å². The summed E-state index contributed by atoms with van der Waals surface area (Å²) in [4.78, 5) is 12.6. The van der Waals surface area contributed by atoms with Crippen molar-refractivity contribution in [3.63, 3.8) is 0 Å². The Morgan fingerprint density at radius 2 is 1.88 bits per heavy atom. The van der Waals surface area contributed by atoms with E-state index < -0.39 is 0 Å². The molecule has 0 radical (unpaired) electrons. The van der Waals surface area contributed by atoms with Crippen molar-refractivity contribution in [1.29, 1.82) is 0 Å².